The zero-order valence-electron chi connectivity index (χ0n) is 9.33. The van der Waals surface area contributed by atoms with E-state index in [0.29, 0.717) is 16.5 Å². The number of carbonyl (C=O) groups is 1. The van der Waals surface area contributed by atoms with Gasteiger partial charge >= 0.3 is 16.4 Å². The summed E-state index contributed by atoms with van der Waals surface area (Å²) in [6, 6.07) is -1.30. The van der Waals surface area contributed by atoms with Crippen molar-refractivity contribution in [2.24, 2.45) is 0 Å². The molecule has 1 aromatic heterocycles. The van der Waals surface area contributed by atoms with Gasteiger partial charge in [-0.25, -0.2) is 4.79 Å². The first-order chi connectivity index (χ1) is 8.94. The van der Waals surface area contributed by atoms with Crippen LogP contribution in [0.15, 0.2) is 17.0 Å². The molecule has 11 heteroatoms. The van der Waals surface area contributed by atoms with Crippen LogP contribution in [0, 0.1) is 0 Å². The second-order valence-corrected chi connectivity index (χ2v) is 5.01. The van der Waals surface area contributed by atoms with Crippen molar-refractivity contribution >= 4 is 22.0 Å². The first kappa shape index (κ1) is 12.1. The van der Waals surface area contributed by atoms with Crippen LogP contribution in [0.25, 0.3) is 5.57 Å². The smallest absolute Gasteiger partial charge is 0.342 e. The Labute approximate surface area is 107 Å². The molecule has 0 aliphatic carbocycles. The van der Waals surface area contributed by atoms with E-state index < -0.39 is 22.5 Å². The predicted octanol–water partition coefficient (Wildman–Crippen LogP) is -0.693. The van der Waals surface area contributed by atoms with Gasteiger partial charge in [-0.3, -0.25) is 4.55 Å². The lowest BCUT2D eigenvalue weighted by Gasteiger charge is -2.19. The Hall–Kier alpha value is -1.98. The average Bonchev–Trinajstić information content (AvgIpc) is 2.92. The van der Waals surface area contributed by atoms with Crippen molar-refractivity contribution in [3.8, 4) is 0 Å². The summed E-state index contributed by atoms with van der Waals surface area (Å²) in [7, 11) is -4.75. The summed E-state index contributed by atoms with van der Waals surface area (Å²) in [5.74, 6) is 0.316. The minimum atomic E-state index is -4.75. The molecular formula is C8H8N4O6S. The number of fused-ring (bicyclic) bond motifs is 2. The van der Waals surface area contributed by atoms with E-state index in [2.05, 4.69) is 18.9 Å². The molecule has 10 nitrogen and oxygen atoms in total. The van der Waals surface area contributed by atoms with Crippen LogP contribution < -0.4 is 0 Å². The number of amides is 2. The number of hydrogen-bond donors (Lipinski definition) is 1. The Balaban J connectivity index is 1.90. The largest absolute Gasteiger partial charge is 0.418 e. The first-order valence-electron chi connectivity index (χ1n) is 5.16. The quantitative estimate of drug-likeness (QED) is 0.724. The monoisotopic (exact) mass is 288 g/mol. The fourth-order valence-corrected chi connectivity index (χ4v) is 2.43. The summed E-state index contributed by atoms with van der Waals surface area (Å²) < 4.78 is 38.9. The Morgan fingerprint density at radius 3 is 2.95 bits per heavy atom. The van der Waals surface area contributed by atoms with Gasteiger partial charge in [-0.15, -0.1) is 4.28 Å². The van der Waals surface area contributed by atoms with E-state index in [1.807, 2.05) is 0 Å². The maximum Gasteiger partial charge on any atom is 0.418 e. The Bertz CT molecular complexity index is 638. The second kappa shape index (κ2) is 4.01. The second-order valence-electron chi connectivity index (χ2n) is 4.01. The van der Waals surface area contributed by atoms with Gasteiger partial charge in [0.25, 0.3) is 0 Å². The highest BCUT2D eigenvalue weighted by atomic mass is 32.3. The molecular weight excluding hydrogens is 280 g/mol. The van der Waals surface area contributed by atoms with Gasteiger partial charge < -0.3 is 9.42 Å². The minimum absolute atomic E-state index is 0.209. The molecule has 0 radical (unpaired) electrons. The summed E-state index contributed by atoms with van der Waals surface area (Å²) in [6.45, 7) is 0.468. The first-order valence-corrected chi connectivity index (χ1v) is 6.53. The zero-order valence-corrected chi connectivity index (χ0v) is 10.1. The van der Waals surface area contributed by atoms with Crippen LogP contribution in [-0.2, 0) is 14.7 Å². The molecule has 1 N–H and O–H groups in total. The van der Waals surface area contributed by atoms with Crippen LogP contribution in [-0.4, -0.2) is 58.2 Å². The molecule has 3 rings (SSSR count). The highest BCUT2D eigenvalue weighted by Gasteiger charge is 2.43. The van der Waals surface area contributed by atoms with Gasteiger partial charge in [0.1, 0.15) is 0 Å². The van der Waals surface area contributed by atoms with Crippen molar-refractivity contribution in [1.82, 2.24) is 20.1 Å². The van der Waals surface area contributed by atoms with Crippen LogP contribution in [0.4, 0.5) is 4.79 Å². The summed E-state index contributed by atoms with van der Waals surface area (Å²) in [4.78, 5) is 17.0. The third kappa shape index (κ3) is 2.18. The highest BCUT2D eigenvalue weighted by Crippen LogP contribution is 2.28. The number of rotatable bonds is 3. The molecule has 0 aromatic carbocycles. The van der Waals surface area contributed by atoms with Gasteiger partial charge in [0.05, 0.1) is 12.6 Å². The van der Waals surface area contributed by atoms with Crippen LogP contribution in [0.5, 0.6) is 0 Å². The SMILES string of the molecule is O=C1N2CC(c3ncon3)=CC(C2)N1OS(=O)(=O)O. The van der Waals surface area contributed by atoms with Crippen molar-refractivity contribution in [1.29, 1.82) is 0 Å². The van der Waals surface area contributed by atoms with Gasteiger partial charge in [-0.05, 0) is 6.08 Å². The summed E-state index contributed by atoms with van der Waals surface area (Å²) >= 11 is 0. The summed E-state index contributed by atoms with van der Waals surface area (Å²) in [6.07, 6.45) is 2.74. The molecule has 102 valence electrons. The lowest BCUT2D eigenvalue weighted by atomic mass is 10.1. The van der Waals surface area contributed by atoms with Gasteiger partial charge in [-0.1, -0.05) is 5.16 Å². The fraction of sp³-hybridized carbons (Fsp3) is 0.375. The van der Waals surface area contributed by atoms with Gasteiger partial charge in [-0.2, -0.15) is 18.5 Å². The van der Waals surface area contributed by atoms with Crippen molar-refractivity contribution in [3.05, 3.63) is 18.3 Å². The number of urea groups is 1. The molecule has 2 bridgehead atoms. The van der Waals surface area contributed by atoms with E-state index in [-0.39, 0.29) is 13.1 Å². The third-order valence-electron chi connectivity index (χ3n) is 2.75. The number of nitrogens with zero attached hydrogens (tertiary/aromatic N) is 4. The van der Waals surface area contributed by atoms with E-state index in [1.54, 1.807) is 6.08 Å². The molecule has 0 spiro atoms. The molecule has 2 amide bonds. The molecule has 1 unspecified atom stereocenters. The number of aromatic nitrogens is 2. The number of hydroxylamine groups is 2. The van der Waals surface area contributed by atoms with E-state index in [4.69, 9.17) is 4.55 Å². The van der Waals surface area contributed by atoms with Gasteiger partial charge in [0.15, 0.2) is 5.82 Å². The Morgan fingerprint density at radius 2 is 2.32 bits per heavy atom. The zero-order chi connectivity index (χ0) is 13.6. The topological polar surface area (TPSA) is 126 Å². The predicted molar refractivity (Wildman–Crippen MR) is 57.5 cm³/mol. The number of carbonyl (C=O) groups excluding carboxylic acids is 1. The molecule has 1 saturated heterocycles. The normalized spacial score (nSPS) is 22.9. The highest BCUT2D eigenvalue weighted by molar-refractivity contribution is 7.80. The van der Waals surface area contributed by atoms with Gasteiger partial charge in [0.2, 0.25) is 6.39 Å². The van der Waals surface area contributed by atoms with Gasteiger partial charge in [0, 0.05) is 12.1 Å². The van der Waals surface area contributed by atoms with E-state index in [9.17, 15) is 13.2 Å². The van der Waals surface area contributed by atoms with Crippen molar-refractivity contribution in [3.63, 3.8) is 0 Å². The van der Waals surface area contributed by atoms with Crippen molar-refractivity contribution < 1.29 is 26.6 Å². The molecule has 1 fully saturated rings. The van der Waals surface area contributed by atoms with Crippen LogP contribution in [0.2, 0.25) is 0 Å². The summed E-state index contributed by atoms with van der Waals surface area (Å²) in [5, 5.41) is 4.24. The van der Waals surface area contributed by atoms with E-state index >= 15 is 0 Å². The molecule has 1 atom stereocenters. The standard InChI is InChI=1S/C8H8N4O6S/c13-8-11-2-5(7-9-4-17-10-7)1-6(3-11)12(8)18-19(14,15)16/h1,4,6H,2-3H2,(H,14,15,16). The maximum absolute atomic E-state index is 11.8. The lowest BCUT2D eigenvalue weighted by molar-refractivity contribution is -0.0183. The fourth-order valence-electron chi connectivity index (χ4n) is 2.05. The van der Waals surface area contributed by atoms with Crippen LogP contribution in [0.3, 0.4) is 0 Å². The average molecular weight is 288 g/mol. The van der Waals surface area contributed by atoms with Crippen LogP contribution in [0.1, 0.15) is 5.82 Å². The van der Waals surface area contributed by atoms with E-state index in [1.165, 1.54) is 4.90 Å². The molecule has 1 aromatic rings. The van der Waals surface area contributed by atoms with Crippen LogP contribution >= 0.6 is 0 Å². The number of hydrogen-bond acceptors (Lipinski definition) is 7. The lowest BCUT2D eigenvalue weighted by Crippen LogP contribution is -2.35. The minimum Gasteiger partial charge on any atom is -0.342 e. The van der Waals surface area contributed by atoms with Crippen molar-refractivity contribution in [2.75, 3.05) is 13.1 Å². The molecule has 3 heterocycles. The summed E-state index contributed by atoms with van der Waals surface area (Å²) in [5.41, 5.74) is 0.611. The van der Waals surface area contributed by atoms with Crippen molar-refractivity contribution in [2.45, 2.75) is 6.04 Å². The molecule has 0 saturated carbocycles. The molecule has 19 heavy (non-hydrogen) atoms. The molecule has 2 aliphatic heterocycles. The molecule has 2 aliphatic rings. The Kier molecular flexibility index (Phi) is 2.55. The maximum atomic E-state index is 11.8. The Morgan fingerprint density at radius 1 is 1.53 bits per heavy atom. The van der Waals surface area contributed by atoms with E-state index in [0.717, 1.165) is 6.39 Å². The third-order valence-corrected chi connectivity index (χ3v) is 3.09.